The van der Waals surface area contributed by atoms with Crippen molar-refractivity contribution in [1.82, 2.24) is 10.1 Å². The number of carbonyl (C=O) groups is 1. The molecule has 0 heterocycles. The minimum absolute atomic E-state index is 0.0894. The predicted molar refractivity (Wildman–Crippen MR) is 112 cm³/mol. The Balaban J connectivity index is 2.10. The van der Waals surface area contributed by atoms with Gasteiger partial charge in [-0.1, -0.05) is 31.5 Å². The maximum atomic E-state index is 12.6. The lowest BCUT2D eigenvalue weighted by molar-refractivity contribution is -0.123. The van der Waals surface area contributed by atoms with Gasteiger partial charge in [-0.3, -0.25) is 4.79 Å². The monoisotopic (exact) mass is 467 g/mol. The van der Waals surface area contributed by atoms with Crippen molar-refractivity contribution < 1.29 is 18.3 Å². The zero-order valence-electron chi connectivity index (χ0n) is 15.7. The van der Waals surface area contributed by atoms with Crippen molar-refractivity contribution in [3.63, 3.8) is 0 Å². The van der Waals surface area contributed by atoms with Crippen molar-refractivity contribution in [1.29, 1.82) is 0 Å². The summed E-state index contributed by atoms with van der Waals surface area (Å²) in [6.45, 7) is 5.34. The van der Waals surface area contributed by atoms with Crippen LogP contribution < -0.4 is 10.1 Å². The molecular weight excluding hydrogens is 446 g/mol. The number of carbonyl (C=O) groups excluding carboxylic acids is 1. The Morgan fingerprint density at radius 3 is 2.39 bits per heavy atom. The lowest BCUT2D eigenvalue weighted by atomic mass is 10.1. The maximum Gasteiger partial charge on any atom is 0.258 e. The molecule has 2 aromatic rings. The van der Waals surface area contributed by atoms with Crippen LogP contribution in [0.15, 0.2) is 56.9 Å². The number of nitrogens with zero attached hydrogens (tertiary/aromatic N) is 1. The third kappa shape index (κ3) is 5.88. The highest BCUT2D eigenvalue weighted by Gasteiger charge is 2.28. The molecule has 1 amide bonds. The molecule has 0 aliphatic rings. The summed E-state index contributed by atoms with van der Waals surface area (Å²) in [6, 6.07) is 10.1. The fourth-order valence-corrected chi connectivity index (χ4v) is 4.03. The number of hydrazone groups is 1. The molecule has 3 N–H and O–H groups in total. The Hall–Kier alpha value is -2.23. The molecule has 0 aliphatic carbocycles. The summed E-state index contributed by atoms with van der Waals surface area (Å²) in [6.07, 6.45) is 1.40. The van der Waals surface area contributed by atoms with E-state index in [1.54, 1.807) is 38.1 Å². The van der Waals surface area contributed by atoms with Gasteiger partial charge < -0.3 is 5.11 Å². The zero-order chi connectivity index (χ0) is 20.9. The number of rotatable bonds is 7. The number of halogens is 1. The third-order valence-corrected chi connectivity index (χ3v) is 6.01. The van der Waals surface area contributed by atoms with E-state index in [9.17, 15) is 18.3 Å². The van der Waals surface area contributed by atoms with Gasteiger partial charge >= 0.3 is 0 Å². The van der Waals surface area contributed by atoms with Gasteiger partial charge in [0.1, 0.15) is 11.8 Å². The molecule has 0 saturated carbocycles. The number of nitrogens with one attached hydrogen (secondary N) is 2. The quantitative estimate of drug-likeness (QED) is 0.429. The number of hydrogen-bond acceptors (Lipinski definition) is 5. The second kappa shape index (κ2) is 9.31. The second-order valence-electron chi connectivity index (χ2n) is 6.60. The number of aromatic hydroxyl groups is 1. The van der Waals surface area contributed by atoms with Crippen LogP contribution in [0.3, 0.4) is 0 Å². The average Bonchev–Trinajstić information content (AvgIpc) is 2.62. The van der Waals surface area contributed by atoms with Gasteiger partial charge in [0.25, 0.3) is 5.91 Å². The first-order valence-electron chi connectivity index (χ1n) is 8.50. The van der Waals surface area contributed by atoms with Crippen LogP contribution in [-0.2, 0) is 14.8 Å². The van der Waals surface area contributed by atoms with Crippen LogP contribution in [0.2, 0.25) is 0 Å². The van der Waals surface area contributed by atoms with Crippen LogP contribution in [0.1, 0.15) is 25.0 Å². The Morgan fingerprint density at radius 1 is 1.18 bits per heavy atom. The number of phenolic OH excluding ortho intramolecular Hbond substituents is 1. The minimum atomic E-state index is -3.85. The van der Waals surface area contributed by atoms with Gasteiger partial charge in [-0.05, 0) is 64.7 Å². The molecule has 0 spiro atoms. The highest BCUT2D eigenvalue weighted by molar-refractivity contribution is 9.10. The van der Waals surface area contributed by atoms with E-state index in [0.717, 1.165) is 5.56 Å². The van der Waals surface area contributed by atoms with Crippen molar-refractivity contribution in [2.24, 2.45) is 11.0 Å². The van der Waals surface area contributed by atoms with Crippen LogP contribution in [0.5, 0.6) is 5.75 Å². The molecule has 0 radical (unpaired) electrons. The minimum Gasteiger partial charge on any atom is -0.507 e. The summed E-state index contributed by atoms with van der Waals surface area (Å²) in [5.41, 5.74) is 3.94. The zero-order valence-corrected chi connectivity index (χ0v) is 18.1. The van der Waals surface area contributed by atoms with E-state index in [0.29, 0.717) is 10.0 Å². The Bertz CT molecular complexity index is 973. The van der Waals surface area contributed by atoms with Crippen LogP contribution in [-0.4, -0.2) is 31.7 Å². The van der Waals surface area contributed by atoms with E-state index in [1.807, 2.05) is 6.92 Å². The van der Waals surface area contributed by atoms with Gasteiger partial charge in [0.05, 0.1) is 15.6 Å². The Kier molecular flexibility index (Phi) is 7.34. The number of hydrogen-bond donors (Lipinski definition) is 3. The SMILES string of the molecule is Cc1ccc(S(=O)(=O)N[C@@H](C(=O)N/N=C\c2ccc(O)c(Br)c2)C(C)C)cc1. The molecule has 2 aromatic carbocycles. The highest BCUT2D eigenvalue weighted by Crippen LogP contribution is 2.23. The van der Waals surface area contributed by atoms with E-state index in [2.05, 4.69) is 31.2 Å². The van der Waals surface area contributed by atoms with Gasteiger partial charge in [0.2, 0.25) is 10.0 Å². The predicted octanol–water partition coefficient (Wildman–Crippen LogP) is 2.92. The first-order valence-corrected chi connectivity index (χ1v) is 10.8. The molecule has 2 rings (SSSR count). The molecule has 0 aliphatic heterocycles. The van der Waals surface area contributed by atoms with Crippen molar-refractivity contribution >= 4 is 38.1 Å². The summed E-state index contributed by atoms with van der Waals surface area (Å²) in [7, 11) is -3.85. The molecule has 28 heavy (non-hydrogen) atoms. The lowest BCUT2D eigenvalue weighted by Crippen LogP contribution is -2.48. The molecule has 7 nitrogen and oxygen atoms in total. The topological polar surface area (TPSA) is 108 Å². The Labute approximate surface area is 173 Å². The number of benzene rings is 2. The molecule has 1 atom stereocenters. The lowest BCUT2D eigenvalue weighted by Gasteiger charge is -2.20. The van der Waals surface area contributed by atoms with Crippen molar-refractivity contribution in [2.75, 3.05) is 0 Å². The van der Waals surface area contributed by atoms with Gasteiger partial charge in [-0.2, -0.15) is 9.82 Å². The largest absolute Gasteiger partial charge is 0.507 e. The number of phenols is 1. The fraction of sp³-hybridized carbons (Fsp3) is 0.263. The summed E-state index contributed by atoms with van der Waals surface area (Å²) in [5.74, 6) is -0.774. The molecule has 0 bridgehead atoms. The molecule has 150 valence electrons. The first kappa shape index (κ1) is 22.1. The van der Waals surface area contributed by atoms with E-state index in [4.69, 9.17) is 0 Å². The van der Waals surface area contributed by atoms with Gasteiger partial charge in [-0.25, -0.2) is 13.8 Å². The number of amides is 1. The van der Waals surface area contributed by atoms with Crippen LogP contribution in [0.25, 0.3) is 0 Å². The molecule has 0 aromatic heterocycles. The van der Waals surface area contributed by atoms with Crippen molar-refractivity contribution in [2.45, 2.75) is 31.7 Å². The van der Waals surface area contributed by atoms with E-state index >= 15 is 0 Å². The molecule has 0 fully saturated rings. The van der Waals surface area contributed by atoms with Gasteiger partial charge in [0.15, 0.2) is 0 Å². The molecular formula is C19H22BrN3O4S. The summed E-state index contributed by atoms with van der Waals surface area (Å²) in [4.78, 5) is 12.5. The standard InChI is InChI=1S/C19H22BrN3O4S/c1-12(2)18(23-28(26,27)15-7-4-13(3)5-8-15)19(25)22-21-11-14-6-9-17(24)16(20)10-14/h4-12,18,23-24H,1-3H3,(H,22,25)/b21-11-/t18-/m1/s1. The number of aryl methyl sites for hydroxylation is 1. The first-order chi connectivity index (χ1) is 13.1. The van der Waals surface area contributed by atoms with E-state index < -0.39 is 22.0 Å². The maximum absolute atomic E-state index is 12.6. The van der Waals surface area contributed by atoms with Crippen molar-refractivity contribution in [3.05, 3.63) is 58.1 Å². The summed E-state index contributed by atoms with van der Waals surface area (Å²) >= 11 is 3.19. The average molecular weight is 468 g/mol. The molecule has 0 saturated heterocycles. The fourth-order valence-electron chi connectivity index (χ4n) is 2.29. The summed E-state index contributed by atoms with van der Waals surface area (Å²) in [5, 5.41) is 13.4. The van der Waals surface area contributed by atoms with Crippen LogP contribution >= 0.6 is 15.9 Å². The summed E-state index contributed by atoms with van der Waals surface area (Å²) < 4.78 is 28.1. The highest BCUT2D eigenvalue weighted by atomic mass is 79.9. The normalized spacial score (nSPS) is 13.0. The van der Waals surface area contributed by atoms with E-state index in [-0.39, 0.29) is 16.6 Å². The Morgan fingerprint density at radius 2 is 1.82 bits per heavy atom. The van der Waals surface area contributed by atoms with Gasteiger partial charge in [-0.15, -0.1) is 0 Å². The van der Waals surface area contributed by atoms with Crippen LogP contribution in [0.4, 0.5) is 0 Å². The van der Waals surface area contributed by atoms with Crippen LogP contribution in [0, 0.1) is 12.8 Å². The number of sulfonamides is 1. The van der Waals surface area contributed by atoms with E-state index in [1.165, 1.54) is 24.4 Å². The smallest absolute Gasteiger partial charge is 0.258 e. The van der Waals surface area contributed by atoms with Crippen molar-refractivity contribution in [3.8, 4) is 5.75 Å². The second-order valence-corrected chi connectivity index (χ2v) is 9.17. The van der Waals surface area contributed by atoms with Gasteiger partial charge in [0, 0.05) is 0 Å². The molecule has 9 heteroatoms. The molecule has 0 unspecified atom stereocenters. The third-order valence-electron chi connectivity index (χ3n) is 3.92.